The molecule has 4 aromatic rings. The molecule has 0 spiro atoms. The number of hydrogen-bond acceptors (Lipinski definition) is 3. The van der Waals surface area contributed by atoms with Crippen molar-refractivity contribution in [3.8, 4) is 11.1 Å². The maximum absolute atomic E-state index is 13.4. The summed E-state index contributed by atoms with van der Waals surface area (Å²) in [7, 11) is 0. The van der Waals surface area contributed by atoms with Crippen molar-refractivity contribution in [2.45, 2.75) is 31.8 Å². The molecule has 2 amide bonds. The fourth-order valence-corrected chi connectivity index (χ4v) is 4.41. The van der Waals surface area contributed by atoms with E-state index in [2.05, 4.69) is 28.1 Å². The lowest BCUT2D eigenvalue weighted by molar-refractivity contribution is -0.123. The first-order valence-corrected chi connectivity index (χ1v) is 13.2. The van der Waals surface area contributed by atoms with Crippen LogP contribution in [0.25, 0.3) is 11.1 Å². The maximum atomic E-state index is 13.4. The lowest BCUT2D eigenvalue weighted by Gasteiger charge is -2.20. The van der Waals surface area contributed by atoms with Crippen molar-refractivity contribution in [3.63, 3.8) is 0 Å². The van der Waals surface area contributed by atoms with Crippen molar-refractivity contribution in [2.75, 3.05) is 13.1 Å². The lowest BCUT2D eigenvalue weighted by atomic mass is 9.98. The molecule has 0 aliphatic heterocycles. The van der Waals surface area contributed by atoms with Gasteiger partial charge in [0.1, 0.15) is 6.04 Å². The van der Waals surface area contributed by atoms with Crippen LogP contribution in [0.5, 0.6) is 0 Å². The van der Waals surface area contributed by atoms with E-state index in [1.807, 2.05) is 103 Å². The highest BCUT2D eigenvalue weighted by atomic mass is 16.2. The fraction of sp³-hybridized carbons (Fsp3) is 0.212. The normalized spacial score (nSPS) is 11.5. The number of rotatable bonds is 13. The van der Waals surface area contributed by atoms with E-state index >= 15 is 0 Å². The largest absolute Gasteiger partial charge is 0.354 e. The van der Waals surface area contributed by atoms with Crippen LogP contribution in [0, 0.1) is 0 Å². The summed E-state index contributed by atoms with van der Waals surface area (Å²) in [4.78, 5) is 26.6. The number of nitrogens with one attached hydrogen (secondary N) is 3. The third-order valence-corrected chi connectivity index (χ3v) is 6.45. The molecule has 0 unspecified atom stereocenters. The molecule has 5 heteroatoms. The first kappa shape index (κ1) is 26.8. The van der Waals surface area contributed by atoms with Crippen LogP contribution in [-0.2, 0) is 17.8 Å². The average molecular weight is 506 g/mol. The summed E-state index contributed by atoms with van der Waals surface area (Å²) in [5.74, 6) is -0.403. The van der Waals surface area contributed by atoms with Crippen molar-refractivity contribution in [1.29, 1.82) is 0 Å². The van der Waals surface area contributed by atoms with Crippen LogP contribution in [0.2, 0.25) is 0 Å². The van der Waals surface area contributed by atoms with Crippen molar-refractivity contribution in [3.05, 3.63) is 132 Å². The van der Waals surface area contributed by atoms with E-state index in [1.54, 1.807) is 0 Å². The molecule has 0 radical (unpaired) electrons. The third-order valence-electron chi connectivity index (χ3n) is 6.45. The number of carbonyl (C=O) groups excluding carboxylic acids is 2. The van der Waals surface area contributed by atoms with Crippen LogP contribution >= 0.6 is 0 Å². The van der Waals surface area contributed by atoms with Gasteiger partial charge in [0.05, 0.1) is 0 Å². The summed E-state index contributed by atoms with van der Waals surface area (Å²) in [6.07, 6.45) is 2.03. The molecular formula is C33H35N3O2. The van der Waals surface area contributed by atoms with Gasteiger partial charge in [-0.1, -0.05) is 109 Å². The van der Waals surface area contributed by atoms with E-state index in [9.17, 15) is 9.59 Å². The number of amides is 2. The van der Waals surface area contributed by atoms with Gasteiger partial charge >= 0.3 is 0 Å². The molecule has 0 aliphatic rings. The van der Waals surface area contributed by atoms with E-state index in [4.69, 9.17) is 0 Å². The molecule has 3 N–H and O–H groups in total. The quantitative estimate of drug-likeness (QED) is 0.214. The number of benzene rings is 4. The molecule has 4 rings (SSSR count). The van der Waals surface area contributed by atoms with Crippen LogP contribution in [0.1, 0.15) is 34.3 Å². The molecule has 0 bridgehead atoms. The molecule has 38 heavy (non-hydrogen) atoms. The molecule has 4 aromatic carbocycles. The maximum Gasteiger partial charge on any atom is 0.252 e. The summed E-state index contributed by atoms with van der Waals surface area (Å²) in [5.41, 5.74) is 4.75. The Kier molecular flexibility index (Phi) is 10.2. The Morgan fingerprint density at radius 3 is 1.97 bits per heavy atom. The van der Waals surface area contributed by atoms with Crippen LogP contribution < -0.4 is 16.0 Å². The second kappa shape index (κ2) is 14.5. The van der Waals surface area contributed by atoms with Crippen LogP contribution in [0.4, 0.5) is 0 Å². The summed E-state index contributed by atoms with van der Waals surface area (Å²) in [6.45, 7) is 2.03. The molecule has 0 heterocycles. The predicted octanol–water partition coefficient (Wildman–Crippen LogP) is 5.38. The first-order valence-electron chi connectivity index (χ1n) is 13.2. The van der Waals surface area contributed by atoms with Crippen LogP contribution in [-0.4, -0.2) is 30.9 Å². The molecule has 0 saturated heterocycles. The molecule has 0 saturated carbocycles. The topological polar surface area (TPSA) is 70.2 Å². The van der Waals surface area contributed by atoms with E-state index in [0.29, 0.717) is 18.5 Å². The van der Waals surface area contributed by atoms with E-state index < -0.39 is 6.04 Å². The van der Waals surface area contributed by atoms with E-state index in [-0.39, 0.29) is 11.8 Å². The Morgan fingerprint density at radius 1 is 0.658 bits per heavy atom. The highest BCUT2D eigenvalue weighted by molar-refractivity contribution is 6.02. The third kappa shape index (κ3) is 8.15. The smallest absolute Gasteiger partial charge is 0.252 e. The van der Waals surface area contributed by atoms with Gasteiger partial charge in [-0.05, 0) is 54.1 Å². The zero-order valence-electron chi connectivity index (χ0n) is 21.6. The fourth-order valence-electron chi connectivity index (χ4n) is 4.41. The van der Waals surface area contributed by atoms with Crippen molar-refractivity contribution in [1.82, 2.24) is 16.0 Å². The molecule has 0 aromatic heterocycles. The molecule has 194 valence electrons. The Morgan fingerprint density at radius 2 is 1.26 bits per heavy atom. The minimum atomic E-state index is -0.624. The van der Waals surface area contributed by atoms with E-state index in [1.165, 1.54) is 5.56 Å². The second-order valence-electron chi connectivity index (χ2n) is 9.27. The molecular weight excluding hydrogens is 470 g/mol. The molecule has 5 nitrogen and oxygen atoms in total. The van der Waals surface area contributed by atoms with Gasteiger partial charge in [-0.3, -0.25) is 9.59 Å². The minimum Gasteiger partial charge on any atom is -0.354 e. The van der Waals surface area contributed by atoms with Gasteiger partial charge in [0.2, 0.25) is 5.91 Å². The Balaban J connectivity index is 1.38. The zero-order valence-corrected chi connectivity index (χ0v) is 21.6. The van der Waals surface area contributed by atoms with Gasteiger partial charge in [-0.15, -0.1) is 0 Å². The van der Waals surface area contributed by atoms with Crippen LogP contribution in [0.15, 0.2) is 115 Å². The SMILES string of the molecule is O=C(N[C@@H](CCCNCc1ccccc1)C(=O)NCCc1ccccc1)c1ccccc1-c1ccccc1. The monoisotopic (exact) mass is 505 g/mol. The number of hydrogen-bond donors (Lipinski definition) is 3. The molecule has 0 fully saturated rings. The predicted molar refractivity (Wildman–Crippen MR) is 154 cm³/mol. The minimum absolute atomic E-state index is 0.158. The standard InChI is InChI=1S/C33H35N3O2/c37-32(30-20-11-10-19-29(30)28-17-8-3-9-18-28)36-31(21-12-23-34-25-27-15-6-2-7-16-27)33(38)35-24-22-26-13-4-1-5-14-26/h1-11,13-20,31,34H,12,21-25H2,(H,35,38)(H,36,37)/t31-/m0/s1. The Bertz CT molecular complexity index is 1280. The van der Waals surface area contributed by atoms with Crippen molar-refractivity contribution < 1.29 is 9.59 Å². The second-order valence-corrected chi connectivity index (χ2v) is 9.27. The van der Waals surface area contributed by atoms with Gasteiger partial charge in [0.15, 0.2) is 0 Å². The Hall–Kier alpha value is -4.22. The Labute approximate surface area is 225 Å². The van der Waals surface area contributed by atoms with Crippen LogP contribution in [0.3, 0.4) is 0 Å². The molecule has 0 aliphatic carbocycles. The summed E-state index contributed by atoms with van der Waals surface area (Å²) in [6, 6.07) is 37.0. The first-order chi connectivity index (χ1) is 18.7. The highest BCUT2D eigenvalue weighted by Crippen LogP contribution is 2.23. The van der Waals surface area contributed by atoms with Gasteiger partial charge in [0.25, 0.3) is 5.91 Å². The summed E-state index contributed by atoms with van der Waals surface area (Å²) in [5, 5.41) is 9.48. The lowest BCUT2D eigenvalue weighted by Crippen LogP contribution is -2.47. The zero-order chi connectivity index (χ0) is 26.4. The van der Waals surface area contributed by atoms with Crippen molar-refractivity contribution in [2.24, 2.45) is 0 Å². The number of carbonyl (C=O) groups is 2. The highest BCUT2D eigenvalue weighted by Gasteiger charge is 2.22. The van der Waals surface area contributed by atoms with E-state index in [0.717, 1.165) is 42.6 Å². The average Bonchev–Trinajstić information content (AvgIpc) is 2.98. The summed E-state index contributed by atoms with van der Waals surface area (Å²) >= 11 is 0. The van der Waals surface area contributed by atoms with Gasteiger partial charge in [0, 0.05) is 18.7 Å². The van der Waals surface area contributed by atoms with Gasteiger partial charge in [-0.25, -0.2) is 0 Å². The van der Waals surface area contributed by atoms with Gasteiger partial charge < -0.3 is 16.0 Å². The van der Waals surface area contributed by atoms with Gasteiger partial charge in [-0.2, -0.15) is 0 Å². The molecule has 1 atom stereocenters. The summed E-state index contributed by atoms with van der Waals surface area (Å²) < 4.78 is 0. The van der Waals surface area contributed by atoms with Crippen molar-refractivity contribution >= 4 is 11.8 Å².